The van der Waals surface area contributed by atoms with Gasteiger partial charge in [0.15, 0.2) is 0 Å². The van der Waals surface area contributed by atoms with Crippen molar-refractivity contribution in [1.82, 2.24) is 0 Å². The largest absolute Gasteiger partial charge is 0.263 e. The summed E-state index contributed by atoms with van der Waals surface area (Å²) in [6.07, 6.45) is 1.04. The van der Waals surface area contributed by atoms with Crippen LogP contribution in [-0.4, -0.2) is 5.71 Å². The van der Waals surface area contributed by atoms with Crippen LogP contribution in [0, 0.1) is 5.92 Å². The Balaban J connectivity index is 4.57. The molecular weight excluding hydrogens is 146 g/mol. The SMILES string of the molecule is CCC(C)=N/C(C)=C(\C)C(C)C. The van der Waals surface area contributed by atoms with Gasteiger partial charge in [0.1, 0.15) is 0 Å². The normalized spacial score (nSPS) is 15.1. The Morgan fingerprint density at radius 1 is 1.17 bits per heavy atom. The standard InChI is InChI=1S/C11H21N/c1-7-9(4)12-11(6)10(5)8(2)3/h8H,7H2,1-6H3/b11-10+,12-9?. The minimum Gasteiger partial charge on any atom is -0.263 e. The third-order valence-electron chi connectivity index (χ3n) is 2.31. The fourth-order valence-electron chi connectivity index (χ4n) is 0.871. The summed E-state index contributed by atoms with van der Waals surface area (Å²) < 4.78 is 0. The third-order valence-corrected chi connectivity index (χ3v) is 2.31. The maximum Gasteiger partial charge on any atom is 0.0363 e. The molecule has 0 aromatic carbocycles. The van der Waals surface area contributed by atoms with Gasteiger partial charge in [0.2, 0.25) is 0 Å². The van der Waals surface area contributed by atoms with E-state index in [-0.39, 0.29) is 0 Å². The van der Waals surface area contributed by atoms with E-state index in [1.807, 2.05) is 0 Å². The van der Waals surface area contributed by atoms with E-state index in [1.165, 1.54) is 17.0 Å². The maximum absolute atomic E-state index is 4.51. The van der Waals surface area contributed by atoms with Gasteiger partial charge in [-0.15, -0.1) is 0 Å². The second-order valence-electron chi connectivity index (χ2n) is 3.62. The number of rotatable bonds is 3. The Kier molecular flexibility index (Phi) is 4.87. The third kappa shape index (κ3) is 3.70. The molecule has 0 aliphatic rings. The zero-order chi connectivity index (χ0) is 9.72. The van der Waals surface area contributed by atoms with E-state index in [0.717, 1.165) is 6.42 Å². The first kappa shape index (κ1) is 11.4. The van der Waals surface area contributed by atoms with Gasteiger partial charge in [0.05, 0.1) is 0 Å². The van der Waals surface area contributed by atoms with Crippen molar-refractivity contribution in [3.63, 3.8) is 0 Å². The smallest absolute Gasteiger partial charge is 0.0363 e. The molecule has 0 atom stereocenters. The highest BCUT2D eigenvalue weighted by atomic mass is 14.7. The van der Waals surface area contributed by atoms with Crippen molar-refractivity contribution < 1.29 is 0 Å². The molecule has 0 aliphatic heterocycles. The molecule has 0 bridgehead atoms. The van der Waals surface area contributed by atoms with Gasteiger partial charge in [-0.2, -0.15) is 0 Å². The van der Waals surface area contributed by atoms with E-state index in [1.54, 1.807) is 0 Å². The lowest BCUT2D eigenvalue weighted by Crippen LogP contribution is -1.94. The van der Waals surface area contributed by atoms with Gasteiger partial charge in [-0.3, -0.25) is 4.99 Å². The van der Waals surface area contributed by atoms with E-state index >= 15 is 0 Å². The van der Waals surface area contributed by atoms with Gasteiger partial charge in [-0.05, 0) is 38.7 Å². The fraction of sp³-hybridized carbons (Fsp3) is 0.727. The Morgan fingerprint density at radius 2 is 1.67 bits per heavy atom. The van der Waals surface area contributed by atoms with Crippen LogP contribution in [0.5, 0.6) is 0 Å². The molecule has 1 nitrogen and oxygen atoms in total. The molecule has 0 heterocycles. The molecule has 0 fully saturated rings. The van der Waals surface area contributed by atoms with Gasteiger partial charge >= 0.3 is 0 Å². The number of hydrogen-bond donors (Lipinski definition) is 0. The molecule has 0 aromatic rings. The minimum atomic E-state index is 0.610. The fourth-order valence-corrected chi connectivity index (χ4v) is 0.871. The first-order valence-electron chi connectivity index (χ1n) is 4.70. The summed E-state index contributed by atoms with van der Waals surface area (Å²) in [7, 11) is 0. The summed E-state index contributed by atoms with van der Waals surface area (Å²) in [5, 5.41) is 0. The van der Waals surface area contributed by atoms with Crippen molar-refractivity contribution in [2.75, 3.05) is 0 Å². The average Bonchev–Trinajstić information content (AvgIpc) is 2.02. The van der Waals surface area contributed by atoms with Crippen LogP contribution < -0.4 is 0 Å². The van der Waals surface area contributed by atoms with Crippen molar-refractivity contribution in [3.05, 3.63) is 11.3 Å². The molecule has 0 N–H and O–H groups in total. The monoisotopic (exact) mass is 167 g/mol. The van der Waals surface area contributed by atoms with Crippen LogP contribution in [0.4, 0.5) is 0 Å². The highest BCUT2D eigenvalue weighted by Gasteiger charge is 2.00. The maximum atomic E-state index is 4.51. The van der Waals surface area contributed by atoms with Crippen molar-refractivity contribution in [2.24, 2.45) is 10.9 Å². The lowest BCUT2D eigenvalue weighted by Gasteiger charge is -2.07. The van der Waals surface area contributed by atoms with E-state index in [9.17, 15) is 0 Å². The van der Waals surface area contributed by atoms with Crippen LogP contribution in [0.3, 0.4) is 0 Å². The van der Waals surface area contributed by atoms with Gasteiger partial charge in [-0.1, -0.05) is 20.8 Å². The van der Waals surface area contributed by atoms with Crippen molar-refractivity contribution in [2.45, 2.75) is 48.0 Å². The lowest BCUT2D eigenvalue weighted by molar-refractivity contribution is 0.754. The number of nitrogens with zero attached hydrogens (tertiary/aromatic N) is 1. The average molecular weight is 167 g/mol. The molecule has 0 saturated carbocycles. The first-order valence-corrected chi connectivity index (χ1v) is 4.70. The van der Waals surface area contributed by atoms with Gasteiger partial charge in [-0.25, -0.2) is 0 Å². The van der Waals surface area contributed by atoms with Crippen molar-refractivity contribution in [3.8, 4) is 0 Å². The zero-order valence-electron chi connectivity index (χ0n) is 9.23. The van der Waals surface area contributed by atoms with Crippen LogP contribution in [-0.2, 0) is 0 Å². The molecule has 12 heavy (non-hydrogen) atoms. The summed E-state index contributed by atoms with van der Waals surface area (Å²) >= 11 is 0. The van der Waals surface area contributed by atoms with Gasteiger partial charge in [0.25, 0.3) is 0 Å². The summed E-state index contributed by atoms with van der Waals surface area (Å²) in [5.41, 5.74) is 3.79. The lowest BCUT2D eigenvalue weighted by atomic mass is 10.0. The summed E-state index contributed by atoms with van der Waals surface area (Å²) in [4.78, 5) is 4.51. The van der Waals surface area contributed by atoms with Crippen molar-refractivity contribution >= 4 is 5.71 Å². The van der Waals surface area contributed by atoms with E-state index in [4.69, 9.17) is 0 Å². The highest BCUT2D eigenvalue weighted by molar-refractivity contribution is 5.82. The molecular formula is C11H21N. The molecule has 70 valence electrons. The Morgan fingerprint density at radius 3 is 2.00 bits per heavy atom. The van der Waals surface area contributed by atoms with Gasteiger partial charge < -0.3 is 0 Å². The topological polar surface area (TPSA) is 12.4 Å². The molecule has 0 radical (unpaired) electrons. The Hall–Kier alpha value is -0.590. The molecule has 1 heteroatoms. The highest BCUT2D eigenvalue weighted by Crippen LogP contribution is 2.14. The Bertz CT molecular complexity index is 197. The van der Waals surface area contributed by atoms with Gasteiger partial charge in [0, 0.05) is 11.4 Å². The molecule has 0 spiro atoms. The molecule has 0 amide bonds. The molecule has 0 aliphatic carbocycles. The van der Waals surface area contributed by atoms with E-state index in [0.29, 0.717) is 5.92 Å². The predicted octanol–water partition coefficient (Wildman–Crippen LogP) is 3.81. The summed E-state index contributed by atoms with van der Waals surface area (Å²) in [6, 6.07) is 0. The van der Waals surface area contributed by atoms with Crippen LogP contribution >= 0.6 is 0 Å². The second kappa shape index (κ2) is 5.13. The van der Waals surface area contributed by atoms with Crippen LogP contribution in [0.2, 0.25) is 0 Å². The number of allylic oxidation sites excluding steroid dienone is 2. The van der Waals surface area contributed by atoms with Crippen LogP contribution in [0.1, 0.15) is 48.0 Å². The minimum absolute atomic E-state index is 0.610. The second-order valence-corrected chi connectivity index (χ2v) is 3.62. The van der Waals surface area contributed by atoms with E-state index in [2.05, 4.69) is 46.5 Å². The van der Waals surface area contributed by atoms with Crippen LogP contribution in [0.15, 0.2) is 16.3 Å². The number of hydrogen-bond acceptors (Lipinski definition) is 1. The molecule has 0 saturated heterocycles. The quantitative estimate of drug-likeness (QED) is 0.567. The zero-order valence-corrected chi connectivity index (χ0v) is 9.23. The molecule has 0 unspecified atom stereocenters. The summed E-state index contributed by atoms with van der Waals surface area (Å²) in [6.45, 7) is 12.9. The molecule has 0 rings (SSSR count). The summed E-state index contributed by atoms with van der Waals surface area (Å²) in [5.74, 6) is 0.610. The Labute approximate surface area is 76.6 Å². The first-order chi connectivity index (χ1) is 5.49. The number of aliphatic imine (C=N–C) groups is 1. The van der Waals surface area contributed by atoms with Crippen molar-refractivity contribution in [1.29, 1.82) is 0 Å². The predicted molar refractivity (Wildman–Crippen MR) is 56.6 cm³/mol. The van der Waals surface area contributed by atoms with E-state index < -0.39 is 0 Å². The van der Waals surface area contributed by atoms with Crippen LogP contribution in [0.25, 0.3) is 0 Å². The molecule has 0 aromatic heterocycles.